The number of hydrogen-bond acceptors (Lipinski definition) is 5. The number of amides is 1. The third-order valence-electron chi connectivity index (χ3n) is 5.46. The average molecular weight is 382 g/mol. The molecule has 0 radical (unpaired) electrons. The number of para-hydroxylation sites is 1. The van der Waals surface area contributed by atoms with E-state index in [-0.39, 0.29) is 11.9 Å². The summed E-state index contributed by atoms with van der Waals surface area (Å²) in [6, 6.07) is 13.9. The molecule has 1 amide bonds. The third-order valence-corrected chi connectivity index (χ3v) is 5.46. The van der Waals surface area contributed by atoms with E-state index in [0.717, 1.165) is 41.5 Å². The minimum absolute atomic E-state index is 0.120. The molecule has 0 saturated carbocycles. The fraction of sp³-hybridized carbons (Fsp3) is 0.409. The second-order valence-corrected chi connectivity index (χ2v) is 7.23. The van der Waals surface area contributed by atoms with Crippen LogP contribution in [0.25, 0.3) is 0 Å². The minimum Gasteiger partial charge on any atom is -0.496 e. The first-order chi connectivity index (χ1) is 13.7. The zero-order valence-electron chi connectivity index (χ0n) is 16.4. The summed E-state index contributed by atoms with van der Waals surface area (Å²) in [4.78, 5) is 17.2. The first-order valence-corrected chi connectivity index (χ1v) is 9.65. The average Bonchev–Trinajstić information content (AvgIpc) is 2.74. The molecule has 4 rings (SSSR count). The molecule has 2 aliphatic heterocycles. The zero-order chi connectivity index (χ0) is 19.5. The van der Waals surface area contributed by atoms with E-state index in [1.165, 1.54) is 0 Å². The molecule has 28 heavy (non-hydrogen) atoms. The van der Waals surface area contributed by atoms with Gasteiger partial charge >= 0.3 is 0 Å². The fourth-order valence-electron chi connectivity index (χ4n) is 3.86. The SMILES string of the molecule is COc1ccccc1C1CN(C(=O)Cc2ccc3c(c2)OCCO3)CCN1C. The Balaban J connectivity index is 1.47. The van der Waals surface area contributed by atoms with Gasteiger partial charge < -0.3 is 19.1 Å². The maximum atomic E-state index is 13.0. The van der Waals surface area contributed by atoms with Gasteiger partial charge in [0.1, 0.15) is 19.0 Å². The minimum atomic E-state index is 0.120. The van der Waals surface area contributed by atoms with Crippen molar-refractivity contribution in [2.75, 3.05) is 47.0 Å². The van der Waals surface area contributed by atoms with Crippen molar-refractivity contribution in [2.24, 2.45) is 0 Å². The smallest absolute Gasteiger partial charge is 0.227 e. The lowest BCUT2D eigenvalue weighted by Gasteiger charge is -2.40. The van der Waals surface area contributed by atoms with Crippen LogP contribution in [0.5, 0.6) is 17.2 Å². The van der Waals surface area contributed by atoms with Crippen LogP contribution in [0.15, 0.2) is 42.5 Å². The molecule has 148 valence electrons. The molecule has 2 aromatic carbocycles. The predicted molar refractivity (Wildman–Crippen MR) is 106 cm³/mol. The van der Waals surface area contributed by atoms with E-state index in [1.807, 2.05) is 41.3 Å². The topological polar surface area (TPSA) is 51.2 Å². The largest absolute Gasteiger partial charge is 0.496 e. The Morgan fingerprint density at radius 2 is 1.89 bits per heavy atom. The Labute approximate surface area is 165 Å². The molecule has 1 atom stereocenters. The number of fused-ring (bicyclic) bond motifs is 1. The number of likely N-dealkylation sites (N-methyl/N-ethyl adjacent to an activating group) is 1. The molecular formula is C22H26N2O4. The molecule has 6 nitrogen and oxygen atoms in total. The van der Waals surface area contributed by atoms with Gasteiger partial charge in [0, 0.05) is 25.2 Å². The summed E-state index contributed by atoms with van der Waals surface area (Å²) in [7, 11) is 3.78. The maximum Gasteiger partial charge on any atom is 0.227 e. The van der Waals surface area contributed by atoms with Crippen LogP contribution >= 0.6 is 0 Å². The van der Waals surface area contributed by atoms with Gasteiger partial charge in [-0.1, -0.05) is 24.3 Å². The summed E-state index contributed by atoms with van der Waals surface area (Å²) < 4.78 is 16.7. The highest BCUT2D eigenvalue weighted by Crippen LogP contribution is 2.33. The summed E-state index contributed by atoms with van der Waals surface area (Å²) >= 11 is 0. The summed E-state index contributed by atoms with van der Waals surface area (Å²) in [5.74, 6) is 2.46. The number of benzene rings is 2. The van der Waals surface area contributed by atoms with Gasteiger partial charge in [-0.25, -0.2) is 0 Å². The number of methoxy groups -OCH3 is 1. The third kappa shape index (κ3) is 3.78. The van der Waals surface area contributed by atoms with Gasteiger partial charge in [-0.3, -0.25) is 9.69 Å². The van der Waals surface area contributed by atoms with Crippen LogP contribution < -0.4 is 14.2 Å². The Bertz CT molecular complexity index is 854. The molecule has 0 aliphatic carbocycles. The lowest BCUT2D eigenvalue weighted by molar-refractivity contribution is -0.133. The van der Waals surface area contributed by atoms with Crippen molar-refractivity contribution in [1.82, 2.24) is 9.80 Å². The molecular weight excluding hydrogens is 356 g/mol. The Morgan fingerprint density at radius 1 is 1.11 bits per heavy atom. The van der Waals surface area contributed by atoms with Gasteiger partial charge in [-0.05, 0) is 30.8 Å². The standard InChI is InChI=1S/C22H26N2O4/c1-23-9-10-24(15-18(23)17-5-3-4-6-19(17)26-2)22(25)14-16-7-8-20-21(13-16)28-12-11-27-20/h3-8,13,18H,9-12,14-15H2,1-2H3. The predicted octanol–water partition coefficient (Wildman–Crippen LogP) is 2.52. The van der Waals surface area contributed by atoms with Gasteiger partial charge in [0.25, 0.3) is 0 Å². The molecule has 6 heteroatoms. The maximum absolute atomic E-state index is 13.0. The van der Waals surface area contributed by atoms with Crippen LogP contribution in [0.2, 0.25) is 0 Å². The van der Waals surface area contributed by atoms with Crippen molar-refractivity contribution < 1.29 is 19.0 Å². The first-order valence-electron chi connectivity index (χ1n) is 9.65. The fourth-order valence-corrected chi connectivity index (χ4v) is 3.86. The molecule has 2 aromatic rings. The summed E-state index contributed by atoms with van der Waals surface area (Å²) in [5.41, 5.74) is 2.06. The van der Waals surface area contributed by atoms with Crippen LogP contribution in [-0.4, -0.2) is 62.7 Å². The lowest BCUT2D eigenvalue weighted by atomic mass is 10.0. The van der Waals surface area contributed by atoms with E-state index in [2.05, 4.69) is 18.0 Å². The normalized spacial score (nSPS) is 19.4. The number of carbonyl (C=O) groups is 1. The number of rotatable bonds is 4. The summed E-state index contributed by atoms with van der Waals surface area (Å²) in [6.45, 7) is 3.32. The number of carbonyl (C=O) groups excluding carboxylic acids is 1. The van der Waals surface area contributed by atoms with E-state index < -0.39 is 0 Å². The second kappa shape index (κ2) is 8.10. The highest BCUT2D eigenvalue weighted by Gasteiger charge is 2.30. The monoisotopic (exact) mass is 382 g/mol. The molecule has 1 unspecified atom stereocenters. The van der Waals surface area contributed by atoms with E-state index in [4.69, 9.17) is 14.2 Å². The van der Waals surface area contributed by atoms with Crippen molar-refractivity contribution >= 4 is 5.91 Å². The van der Waals surface area contributed by atoms with Gasteiger partial charge in [-0.2, -0.15) is 0 Å². The molecule has 0 spiro atoms. The zero-order valence-corrected chi connectivity index (χ0v) is 16.4. The van der Waals surface area contributed by atoms with Crippen LogP contribution in [-0.2, 0) is 11.2 Å². The van der Waals surface area contributed by atoms with E-state index in [0.29, 0.717) is 26.2 Å². The molecule has 1 saturated heterocycles. The van der Waals surface area contributed by atoms with Crippen molar-refractivity contribution in [3.05, 3.63) is 53.6 Å². The highest BCUT2D eigenvalue weighted by atomic mass is 16.6. The Morgan fingerprint density at radius 3 is 2.71 bits per heavy atom. The van der Waals surface area contributed by atoms with Gasteiger partial charge in [0.05, 0.1) is 19.6 Å². The van der Waals surface area contributed by atoms with Crippen molar-refractivity contribution in [2.45, 2.75) is 12.5 Å². The van der Waals surface area contributed by atoms with E-state index >= 15 is 0 Å². The summed E-state index contributed by atoms with van der Waals surface area (Å²) in [5, 5.41) is 0. The Kier molecular flexibility index (Phi) is 5.39. The molecule has 0 bridgehead atoms. The number of ether oxygens (including phenoxy) is 3. The first kappa shape index (κ1) is 18.6. The van der Waals surface area contributed by atoms with Gasteiger partial charge in [0.2, 0.25) is 5.91 Å². The Hall–Kier alpha value is -2.73. The van der Waals surface area contributed by atoms with Gasteiger partial charge in [0.15, 0.2) is 11.5 Å². The summed E-state index contributed by atoms with van der Waals surface area (Å²) in [6.07, 6.45) is 0.360. The van der Waals surface area contributed by atoms with E-state index in [9.17, 15) is 4.79 Å². The van der Waals surface area contributed by atoms with Crippen molar-refractivity contribution in [3.8, 4) is 17.2 Å². The lowest BCUT2D eigenvalue weighted by Crippen LogP contribution is -2.49. The molecule has 2 aliphatic rings. The van der Waals surface area contributed by atoms with Gasteiger partial charge in [-0.15, -0.1) is 0 Å². The van der Waals surface area contributed by atoms with Crippen LogP contribution in [0, 0.1) is 0 Å². The molecule has 1 fully saturated rings. The van der Waals surface area contributed by atoms with Crippen molar-refractivity contribution in [1.29, 1.82) is 0 Å². The second-order valence-electron chi connectivity index (χ2n) is 7.23. The van der Waals surface area contributed by atoms with Crippen LogP contribution in [0.1, 0.15) is 17.2 Å². The van der Waals surface area contributed by atoms with Crippen LogP contribution in [0.3, 0.4) is 0 Å². The number of hydrogen-bond donors (Lipinski definition) is 0. The number of nitrogens with zero attached hydrogens (tertiary/aromatic N) is 2. The van der Waals surface area contributed by atoms with Crippen molar-refractivity contribution in [3.63, 3.8) is 0 Å². The van der Waals surface area contributed by atoms with E-state index in [1.54, 1.807) is 7.11 Å². The molecule has 2 heterocycles. The van der Waals surface area contributed by atoms with Crippen LogP contribution in [0.4, 0.5) is 0 Å². The quantitative estimate of drug-likeness (QED) is 0.813. The number of piperazine rings is 1. The molecule has 0 aromatic heterocycles. The molecule has 0 N–H and O–H groups in total. The highest BCUT2D eigenvalue weighted by molar-refractivity contribution is 5.79.